The number of hydrogen-bond donors (Lipinski definition) is 3. The molecule has 0 aromatic heterocycles. The summed E-state index contributed by atoms with van der Waals surface area (Å²) >= 11 is 0. The number of ether oxygens (including phenoxy) is 1. The predicted molar refractivity (Wildman–Crippen MR) is 103 cm³/mol. The zero-order chi connectivity index (χ0) is 20.0. The Bertz CT molecular complexity index is 917. The average Bonchev–Trinajstić information content (AvgIpc) is 2.59. The highest BCUT2D eigenvalue weighted by Crippen LogP contribution is 2.15. The van der Waals surface area contributed by atoms with Crippen molar-refractivity contribution in [2.24, 2.45) is 16.5 Å². The topological polar surface area (TPSA) is 137 Å². The van der Waals surface area contributed by atoms with Crippen LogP contribution in [0.2, 0.25) is 0 Å². The molecule has 27 heavy (non-hydrogen) atoms. The zero-order valence-corrected chi connectivity index (χ0v) is 15.9. The molecule has 0 radical (unpaired) electrons. The average molecular weight is 390 g/mol. The minimum Gasteiger partial charge on any atom is -0.457 e. The van der Waals surface area contributed by atoms with Gasteiger partial charge in [-0.25, -0.2) is 22.9 Å². The Morgan fingerprint density at radius 1 is 1.07 bits per heavy atom. The largest absolute Gasteiger partial charge is 0.457 e. The van der Waals surface area contributed by atoms with E-state index in [9.17, 15) is 13.2 Å². The number of nitrogens with zero attached hydrogens (tertiary/aromatic N) is 1. The number of nitrogens with two attached hydrogens (primary N) is 2. The van der Waals surface area contributed by atoms with Gasteiger partial charge in [0, 0.05) is 6.04 Å². The van der Waals surface area contributed by atoms with E-state index in [1.165, 1.54) is 12.1 Å². The molecule has 0 heterocycles. The molecule has 8 nitrogen and oxygen atoms in total. The number of benzene rings is 2. The van der Waals surface area contributed by atoms with E-state index in [-0.39, 0.29) is 23.5 Å². The van der Waals surface area contributed by atoms with Crippen molar-refractivity contribution in [2.75, 3.05) is 0 Å². The Hall–Kier alpha value is -2.91. The van der Waals surface area contributed by atoms with Crippen LogP contribution in [0.15, 0.2) is 58.4 Å². The lowest BCUT2D eigenvalue weighted by atomic mass is 10.2. The van der Waals surface area contributed by atoms with Gasteiger partial charge < -0.3 is 16.2 Å². The third kappa shape index (κ3) is 6.08. The molecule has 0 aliphatic heterocycles. The predicted octanol–water partition coefficient (Wildman–Crippen LogP) is 1.64. The number of aliphatic imine (C=N–C) groups is 1. The Morgan fingerprint density at radius 2 is 1.67 bits per heavy atom. The number of nitrogens with one attached hydrogen (secondary N) is 1. The fourth-order valence-corrected chi connectivity index (χ4v) is 3.45. The molecular weight excluding hydrogens is 368 g/mol. The van der Waals surface area contributed by atoms with Crippen molar-refractivity contribution in [3.63, 3.8) is 0 Å². The monoisotopic (exact) mass is 390 g/mol. The van der Waals surface area contributed by atoms with E-state index in [1.807, 2.05) is 0 Å². The molecule has 0 aliphatic carbocycles. The van der Waals surface area contributed by atoms with Crippen LogP contribution in [-0.4, -0.2) is 26.4 Å². The van der Waals surface area contributed by atoms with Crippen molar-refractivity contribution in [1.82, 2.24) is 4.72 Å². The van der Waals surface area contributed by atoms with Gasteiger partial charge in [0.05, 0.1) is 16.1 Å². The summed E-state index contributed by atoms with van der Waals surface area (Å²) in [6, 6.07) is 12.2. The number of carbonyl (C=O) groups is 1. The first kappa shape index (κ1) is 20.4. The van der Waals surface area contributed by atoms with E-state index in [0.717, 1.165) is 0 Å². The van der Waals surface area contributed by atoms with Gasteiger partial charge in [-0.15, -0.1) is 0 Å². The van der Waals surface area contributed by atoms with E-state index in [2.05, 4.69) is 9.71 Å². The number of sulfonamides is 1. The van der Waals surface area contributed by atoms with Crippen molar-refractivity contribution >= 4 is 27.6 Å². The van der Waals surface area contributed by atoms with Crippen LogP contribution < -0.4 is 16.2 Å². The molecule has 9 heteroatoms. The van der Waals surface area contributed by atoms with Crippen molar-refractivity contribution in [2.45, 2.75) is 31.4 Å². The highest BCUT2D eigenvalue weighted by molar-refractivity contribution is 7.89. The van der Waals surface area contributed by atoms with Crippen LogP contribution in [0, 0.1) is 0 Å². The fraction of sp³-hybridized carbons (Fsp3) is 0.222. The Kier molecular flexibility index (Phi) is 6.54. The number of hydrogen-bond acceptors (Lipinski definition) is 5. The van der Waals surface area contributed by atoms with Gasteiger partial charge in [-0.1, -0.05) is 12.1 Å². The van der Waals surface area contributed by atoms with Crippen molar-refractivity contribution in [3.05, 3.63) is 59.7 Å². The van der Waals surface area contributed by atoms with Gasteiger partial charge in [0.1, 0.15) is 6.61 Å². The summed E-state index contributed by atoms with van der Waals surface area (Å²) in [7, 11) is -3.55. The summed E-state index contributed by atoms with van der Waals surface area (Å²) in [5, 5.41) is 0. The number of esters is 1. The SMILES string of the molecule is CC(C)NS(=O)(=O)c1ccc(COC(=O)c2ccc(N=C(N)N)cc2)cc1. The van der Waals surface area contributed by atoms with Gasteiger partial charge >= 0.3 is 5.97 Å². The maximum Gasteiger partial charge on any atom is 0.338 e. The second kappa shape index (κ2) is 8.65. The summed E-state index contributed by atoms with van der Waals surface area (Å²) < 4.78 is 31.9. The lowest BCUT2D eigenvalue weighted by Gasteiger charge is -2.10. The quantitative estimate of drug-likeness (QED) is 0.373. The maximum atomic E-state index is 12.1. The van der Waals surface area contributed by atoms with Gasteiger partial charge in [-0.3, -0.25) is 0 Å². The van der Waals surface area contributed by atoms with E-state index < -0.39 is 16.0 Å². The first-order chi connectivity index (χ1) is 12.7. The zero-order valence-electron chi connectivity index (χ0n) is 15.0. The van der Waals surface area contributed by atoms with E-state index in [4.69, 9.17) is 16.2 Å². The second-order valence-corrected chi connectivity index (χ2v) is 7.79. The lowest BCUT2D eigenvalue weighted by molar-refractivity contribution is 0.0472. The minimum absolute atomic E-state index is 0.0203. The van der Waals surface area contributed by atoms with Crippen LogP contribution in [0.25, 0.3) is 0 Å². The van der Waals surface area contributed by atoms with Gasteiger partial charge in [0.15, 0.2) is 5.96 Å². The molecule has 0 fully saturated rings. The third-order valence-corrected chi connectivity index (χ3v) is 5.03. The Morgan fingerprint density at radius 3 is 2.19 bits per heavy atom. The molecule has 0 spiro atoms. The Balaban J connectivity index is 1.98. The summed E-state index contributed by atoms with van der Waals surface area (Å²) in [6.07, 6.45) is 0. The molecule has 144 valence electrons. The molecule has 0 atom stereocenters. The second-order valence-electron chi connectivity index (χ2n) is 6.08. The van der Waals surface area contributed by atoms with Crippen LogP contribution in [0.1, 0.15) is 29.8 Å². The van der Waals surface area contributed by atoms with Crippen LogP contribution in [0.3, 0.4) is 0 Å². The number of carbonyl (C=O) groups excluding carboxylic acids is 1. The van der Waals surface area contributed by atoms with Crippen molar-refractivity contribution < 1.29 is 17.9 Å². The number of rotatable bonds is 7. The summed E-state index contributed by atoms with van der Waals surface area (Å²) in [6.45, 7) is 3.51. The summed E-state index contributed by atoms with van der Waals surface area (Å²) in [5.41, 5.74) is 12.1. The molecule has 2 aromatic rings. The molecule has 0 amide bonds. The highest BCUT2D eigenvalue weighted by Gasteiger charge is 2.15. The highest BCUT2D eigenvalue weighted by atomic mass is 32.2. The summed E-state index contributed by atoms with van der Waals surface area (Å²) in [4.78, 5) is 16.1. The smallest absolute Gasteiger partial charge is 0.338 e. The normalized spacial score (nSPS) is 11.2. The lowest BCUT2D eigenvalue weighted by Crippen LogP contribution is -2.30. The molecule has 0 bridgehead atoms. The van der Waals surface area contributed by atoms with Crippen LogP contribution in [0.4, 0.5) is 5.69 Å². The molecule has 2 rings (SSSR count). The molecule has 5 N–H and O–H groups in total. The maximum absolute atomic E-state index is 12.1. The molecule has 2 aromatic carbocycles. The summed E-state index contributed by atoms with van der Waals surface area (Å²) in [5.74, 6) is -0.580. The van der Waals surface area contributed by atoms with E-state index >= 15 is 0 Å². The van der Waals surface area contributed by atoms with Crippen molar-refractivity contribution in [1.29, 1.82) is 0 Å². The number of guanidine groups is 1. The van der Waals surface area contributed by atoms with Gasteiger partial charge in [-0.05, 0) is 55.8 Å². The van der Waals surface area contributed by atoms with Crippen molar-refractivity contribution in [3.8, 4) is 0 Å². The molecule has 0 saturated carbocycles. The van der Waals surface area contributed by atoms with Crippen LogP contribution in [0.5, 0.6) is 0 Å². The third-order valence-electron chi connectivity index (χ3n) is 3.36. The molecule has 0 aliphatic rings. The van der Waals surface area contributed by atoms with E-state index in [1.54, 1.807) is 50.2 Å². The van der Waals surface area contributed by atoms with Gasteiger partial charge in [0.2, 0.25) is 10.0 Å². The van der Waals surface area contributed by atoms with Crippen LogP contribution >= 0.6 is 0 Å². The standard InChI is InChI=1S/C18H22N4O4S/c1-12(2)22-27(24,25)16-9-3-13(4-10-16)11-26-17(23)14-5-7-15(8-6-14)21-18(19)20/h3-10,12,22H,11H2,1-2H3,(H4,19,20,21). The van der Waals surface area contributed by atoms with Gasteiger partial charge in [-0.2, -0.15) is 0 Å². The first-order valence-corrected chi connectivity index (χ1v) is 9.64. The first-order valence-electron chi connectivity index (χ1n) is 8.15. The van der Waals surface area contributed by atoms with E-state index in [0.29, 0.717) is 16.8 Å². The fourth-order valence-electron chi connectivity index (χ4n) is 2.20. The molecule has 0 saturated heterocycles. The Labute approximate surface area is 158 Å². The minimum atomic E-state index is -3.55. The van der Waals surface area contributed by atoms with Crippen LogP contribution in [-0.2, 0) is 21.4 Å². The van der Waals surface area contributed by atoms with Gasteiger partial charge in [0.25, 0.3) is 0 Å². The molecular formula is C18H22N4O4S. The molecule has 0 unspecified atom stereocenters.